The van der Waals surface area contributed by atoms with Crippen molar-refractivity contribution >= 4 is 11.9 Å². The van der Waals surface area contributed by atoms with Gasteiger partial charge >= 0.3 is 12.1 Å². The van der Waals surface area contributed by atoms with E-state index in [1.165, 1.54) is 6.92 Å². The Morgan fingerprint density at radius 3 is 2.34 bits per heavy atom. The lowest BCUT2D eigenvalue weighted by Crippen LogP contribution is -2.65. The lowest BCUT2D eigenvalue weighted by Gasteiger charge is -2.56. The van der Waals surface area contributed by atoms with Gasteiger partial charge in [-0.15, -0.1) is 0 Å². The number of methoxy groups -OCH3 is 1. The van der Waals surface area contributed by atoms with Gasteiger partial charge in [-0.05, 0) is 103 Å². The van der Waals surface area contributed by atoms with Crippen LogP contribution in [-0.2, 0) is 11.2 Å². The highest BCUT2D eigenvalue weighted by atomic mass is 19.4. The topological polar surface area (TPSA) is 46.5 Å². The smallest absolute Gasteiger partial charge is 0.456 e. The lowest BCUT2D eigenvalue weighted by atomic mass is 9.50. The van der Waals surface area contributed by atoms with Crippen LogP contribution in [0.15, 0.2) is 77.4 Å². The molecule has 1 N–H and O–H groups in total. The first-order valence-corrected chi connectivity index (χ1v) is 15.3. The van der Waals surface area contributed by atoms with Crippen LogP contribution < -0.4 is 4.74 Å². The van der Waals surface area contributed by atoms with Gasteiger partial charge in [-0.3, -0.25) is 4.79 Å². The Hall–Kier alpha value is -3.26. The van der Waals surface area contributed by atoms with Crippen molar-refractivity contribution < 1.29 is 36.6 Å². The first kappa shape index (κ1) is 30.8. The maximum absolute atomic E-state index is 15.2. The molecule has 2 aromatic rings. The molecule has 6 rings (SSSR count). The highest BCUT2D eigenvalue weighted by Gasteiger charge is 2.79. The summed E-state index contributed by atoms with van der Waals surface area (Å²) in [7, 11) is 1.62. The second-order valence-electron chi connectivity index (χ2n) is 13.1. The molecule has 234 valence electrons. The summed E-state index contributed by atoms with van der Waals surface area (Å²) in [6.45, 7) is 1.45. The lowest BCUT2D eigenvalue weighted by molar-refractivity contribution is -0.362. The molecule has 0 spiro atoms. The van der Waals surface area contributed by atoms with Gasteiger partial charge in [-0.2, -0.15) is 22.0 Å². The van der Waals surface area contributed by atoms with Crippen LogP contribution in [0.2, 0.25) is 0 Å². The molecular weight excluding hydrogens is 575 g/mol. The van der Waals surface area contributed by atoms with Gasteiger partial charge in [-0.25, -0.2) is 0 Å². The largest absolute Gasteiger partial charge is 0.497 e. The molecule has 0 aliphatic heterocycles. The SMILES string of the molecule is COc1ccc(C/C=C/c2ccc([C@H]3CC4(C)C(CCC4(O)C(F)(F)C(F)(F)F)C4CCC5=CC(=O)CCC5=C43)cc2)cc1. The number of allylic oxidation sites excluding steroid dienone is 5. The number of hydrogen-bond donors (Lipinski definition) is 1. The van der Waals surface area contributed by atoms with E-state index in [4.69, 9.17) is 4.74 Å². The summed E-state index contributed by atoms with van der Waals surface area (Å²) >= 11 is 0. The van der Waals surface area contributed by atoms with Crippen molar-refractivity contribution in [2.75, 3.05) is 7.11 Å². The summed E-state index contributed by atoms with van der Waals surface area (Å²) in [5.74, 6) is -5.59. The van der Waals surface area contributed by atoms with Crippen molar-refractivity contribution in [3.05, 3.63) is 94.1 Å². The van der Waals surface area contributed by atoms with Crippen LogP contribution in [0.4, 0.5) is 22.0 Å². The van der Waals surface area contributed by atoms with Crippen LogP contribution in [0.25, 0.3) is 6.08 Å². The van der Waals surface area contributed by atoms with Crippen LogP contribution in [0, 0.1) is 17.3 Å². The minimum atomic E-state index is -5.86. The van der Waals surface area contributed by atoms with E-state index >= 15 is 8.78 Å². The third-order valence-electron chi connectivity index (χ3n) is 10.9. The Morgan fingerprint density at radius 1 is 0.977 bits per heavy atom. The molecule has 0 heterocycles. The standard InChI is InChI=1S/C36H37F5O3/c1-33-21-30(24-10-6-22(7-11-24)4-3-5-23-8-14-27(44-2)15-9-23)32-28-17-13-26(42)20-25(28)12-16-29(32)31(33)18-19-34(33,43)35(37,38)36(39,40)41/h3-4,6-11,14-15,20,29-31,43H,5,12-13,16-19,21H2,1-2H3/b4-3+/t29?,30-,31?,33?,34?/m1/s1. The molecule has 2 saturated carbocycles. The van der Waals surface area contributed by atoms with E-state index in [2.05, 4.69) is 0 Å². The summed E-state index contributed by atoms with van der Waals surface area (Å²) in [6.07, 6.45) is 2.09. The Labute approximate surface area is 254 Å². The average Bonchev–Trinajstić information content (AvgIpc) is 3.28. The number of aliphatic hydroxyl groups is 1. The van der Waals surface area contributed by atoms with Crippen molar-refractivity contribution in [3.63, 3.8) is 0 Å². The molecule has 2 fully saturated rings. The monoisotopic (exact) mass is 612 g/mol. The fourth-order valence-electron chi connectivity index (χ4n) is 8.65. The molecule has 2 aromatic carbocycles. The van der Waals surface area contributed by atoms with Gasteiger partial charge in [0.25, 0.3) is 0 Å². The van der Waals surface area contributed by atoms with Gasteiger partial charge in [0, 0.05) is 17.8 Å². The van der Waals surface area contributed by atoms with E-state index in [9.17, 15) is 23.1 Å². The fraction of sp³-hybridized carbons (Fsp3) is 0.472. The molecule has 0 radical (unpaired) electrons. The molecule has 4 aliphatic rings. The third-order valence-corrected chi connectivity index (χ3v) is 10.9. The molecule has 0 aromatic heterocycles. The fourth-order valence-corrected chi connectivity index (χ4v) is 8.65. The molecule has 3 nitrogen and oxygen atoms in total. The zero-order valence-electron chi connectivity index (χ0n) is 24.9. The molecular formula is C36H37F5O3. The van der Waals surface area contributed by atoms with Crippen LogP contribution in [-0.4, -0.2) is 35.7 Å². The first-order valence-electron chi connectivity index (χ1n) is 15.3. The summed E-state index contributed by atoms with van der Waals surface area (Å²) in [5, 5.41) is 11.4. The predicted octanol–water partition coefficient (Wildman–Crippen LogP) is 8.78. The predicted molar refractivity (Wildman–Crippen MR) is 158 cm³/mol. The minimum absolute atomic E-state index is 0.0247. The van der Waals surface area contributed by atoms with Gasteiger partial charge in [0.1, 0.15) is 11.4 Å². The van der Waals surface area contributed by atoms with Crippen LogP contribution >= 0.6 is 0 Å². The highest BCUT2D eigenvalue weighted by Crippen LogP contribution is 2.70. The summed E-state index contributed by atoms with van der Waals surface area (Å²) in [5.41, 5.74) is 1.11. The Balaban J connectivity index is 1.36. The summed E-state index contributed by atoms with van der Waals surface area (Å²) in [4.78, 5) is 12.3. The van der Waals surface area contributed by atoms with E-state index in [-0.39, 0.29) is 24.5 Å². The van der Waals surface area contributed by atoms with E-state index in [1.807, 2.05) is 60.7 Å². The van der Waals surface area contributed by atoms with Gasteiger partial charge in [0.15, 0.2) is 5.78 Å². The zero-order chi connectivity index (χ0) is 31.5. The maximum Gasteiger partial charge on any atom is 0.456 e. The van der Waals surface area contributed by atoms with Gasteiger partial charge in [0.05, 0.1) is 7.11 Å². The van der Waals surface area contributed by atoms with Gasteiger partial charge in [0.2, 0.25) is 0 Å². The molecule has 4 unspecified atom stereocenters. The summed E-state index contributed by atoms with van der Waals surface area (Å²) < 4.78 is 76.9. The number of halogens is 5. The van der Waals surface area contributed by atoms with Crippen molar-refractivity contribution in [1.29, 1.82) is 0 Å². The Morgan fingerprint density at radius 2 is 1.68 bits per heavy atom. The van der Waals surface area contributed by atoms with Gasteiger partial charge < -0.3 is 9.84 Å². The molecule has 0 saturated heterocycles. The van der Waals surface area contributed by atoms with Crippen molar-refractivity contribution in [2.24, 2.45) is 17.3 Å². The minimum Gasteiger partial charge on any atom is -0.497 e. The van der Waals surface area contributed by atoms with E-state index in [0.717, 1.165) is 39.2 Å². The number of benzene rings is 2. The number of hydrogen-bond acceptors (Lipinski definition) is 3. The summed E-state index contributed by atoms with van der Waals surface area (Å²) in [6, 6.07) is 15.5. The highest BCUT2D eigenvalue weighted by molar-refractivity contribution is 5.93. The zero-order valence-corrected chi connectivity index (χ0v) is 24.9. The van der Waals surface area contributed by atoms with E-state index in [1.54, 1.807) is 13.2 Å². The molecule has 4 aliphatic carbocycles. The molecule has 0 bridgehead atoms. The number of carbonyl (C=O) groups is 1. The Bertz CT molecular complexity index is 1520. The van der Waals surface area contributed by atoms with Crippen molar-refractivity contribution in [3.8, 4) is 5.75 Å². The molecule has 44 heavy (non-hydrogen) atoms. The number of alkyl halides is 5. The average molecular weight is 613 g/mol. The number of ketones is 1. The number of rotatable bonds is 6. The quantitative estimate of drug-likeness (QED) is 0.332. The number of fused-ring (bicyclic) bond motifs is 4. The van der Waals surface area contributed by atoms with Crippen LogP contribution in [0.3, 0.4) is 0 Å². The van der Waals surface area contributed by atoms with E-state index in [0.29, 0.717) is 32.1 Å². The van der Waals surface area contributed by atoms with Crippen LogP contribution in [0.1, 0.15) is 74.5 Å². The molecule has 8 heteroatoms. The second kappa shape index (κ2) is 11.0. The maximum atomic E-state index is 15.2. The number of carbonyl (C=O) groups excluding carboxylic acids is 1. The third kappa shape index (κ3) is 4.84. The van der Waals surface area contributed by atoms with Gasteiger partial charge in [-0.1, -0.05) is 61.0 Å². The first-order chi connectivity index (χ1) is 20.8. The van der Waals surface area contributed by atoms with E-state index < -0.39 is 41.4 Å². The second-order valence-corrected chi connectivity index (χ2v) is 13.1. The van der Waals surface area contributed by atoms with Crippen LogP contribution in [0.5, 0.6) is 5.75 Å². The van der Waals surface area contributed by atoms with Crippen molar-refractivity contribution in [1.82, 2.24) is 0 Å². The number of ether oxygens (including phenoxy) is 1. The normalized spacial score (nSPS) is 30.6. The Kier molecular flexibility index (Phi) is 7.67. The molecule has 5 atom stereocenters. The molecule has 0 amide bonds. The van der Waals surface area contributed by atoms with Crippen molar-refractivity contribution in [2.45, 2.75) is 81.9 Å².